The van der Waals surface area contributed by atoms with Gasteiger partial charge in [0.15, 0.2) is 0 Å². The summed E-state index contributed by atoms with van der Waals surface area (Å²) in [7, 11) is 0. The summed E-state index contributed by atoms with van der Waals surface area (Å²) in [4.78, 5) is 9.60. The normalized spacial score (nSPS) is 6.12. The number of hydrogen-bond donors (Lipinski definition) is 1. The summed E-state index contributed by atoms with van der Waals surface area (Å²) in [5.41, 5.74) is 0. The van der Waals surface area contributed by atoms with Crippen molar-refractivity contribution in [2.45, 2.75) is 19.8 Å². The molecule has 8 heavy (non-hydrogen) atoms. The molecule has 0 spiro atoms. The van der Waals surface area contributed by atoms with E-state index in [-0.39, 0.29) is 71.6 Å². The molecule has 0 radical (unpaired) electrons. The fourth-order valence-corrected chi connectivity index (χ4v) is 0.214. The summed E-state index contributed by atoms with van der Waals surface area (Å²) < 4.78 is 0. The van der Waals surface area contributed by atoms with Crippen molar-refractivity contribution in [1.29, 1.82) is 0 Å². The molecule has 0 aliphatic rings. The van der Waals surface area contributed by atoms with Crippen LogP contribution in [0.3, 0.4) is 0 Å². The summed E-state index contributed by atoms with van der Waals surface area (Å²) in [5.74, 6) is -0.711. The van der Waals surface area contributed by atoms with Crippen molar-refractivity contribution in [2.24, 2.45) is 0 Å². The van der Waals surface area contributed by atoms with Crippen LogP contribution in [0, 0.1) is 0 Å². The fraction of sp³-hybridized carbons (Fsp3) is 0.750. The first-order valence-electron chi connectivity index (χ1n) is 1.99. The molecule has 0 rings (SSSR count). The zero-order chi connectivity index (χ0) is 4.99. The largest absolute Gasteiger partial charge is 2.00 e. The average Bonchev–Trinajstić information content (AvgIpc) is 1.35. The maximum absolute atomic E-state index is 9.60. The molecule has 0 bridgehead atoms. The molecule has 42 valence electrons. The van der Waals surface area contributed by atoms with Crippen molar-refractivity contribution in [2.75, 3.05) is 0 Å². The maximum atomic E-state index is 9.60. The Morgan fingerprint density at radius 1 is 1.75 bits per heavy atom. The molecule has 1 N–H and O–H groups in total. The maximum Gasteiger partial charge on any atom is 2.00 e. The van der Waals surface area contributed by atoms with Gasteiger partial charge in [0, 0.05) is 6.42 Å². The van der Waals surface area contributed by atoms with Gasteiger partial charge in [-0.15, -0.1) is 0 Å². The molecule has 0 saturated carbocycles. The minimum Gasteiger partial charge on any atom is -1.00 e. The Bertz CT molecular complexity index is 67.3. The number of hydrogen-bond acceptors (Lipinski definition) is 1. The van der Waals surface area contributed by atoms with Crippen LogP contribution in [0.2, 0.25) is 0 Å². The van der Waals surface area contributed by atoms with Gasteiger partial charge in [0.25, 0.3) is 0 Å². The monoisotopic (exact) mass is 154 g/mol. The average molecular weight is 154 g/mol. The molecule has 0 atom stereocenters. The van der Waals surface area contributed by atoms with Crippen molar-refractivity contribution >= 4 is 43.7 Å². The standard InChI is InChI=1S/C4H8O2.Ca.Na.3H/c1-2-3-4(5)6;;;;;/h2-3H2,1H3,(H,5,6);;;;;/q;+2;+1;3*-1. The second kappa shape index (κ2) is 11.5. The first-order chi connectivity index (χ1) is 2.77. The fourth-order valence-electron chi connectivity index (χ4n) is 0.214. The molecule has 0 aromatic rings. The third-order valence-electron chi connectivity index (χ3n) is 0.464. The van der Waals surface area contributed by atoms with E-state index in [0.717, 1.165) is 6.42 Å². The van der Waals surface area contributed by atoms with E-state index in [2.05, 4.69) is 0 Å². The Morgan fingerprint density at radius 2 is 2.12 bits per heavy atom. The van der Waals surface area contributed by atoms with Crippen LogP contribution in [0.4, 0.5) is 0 Å². The second-order valence-electron chi connectivity index (χ2n) is 1.14. The number of carboxylic acids is 1. The van der Waals surface area contributed by atoms with E-state index in [1.165, 1.54) is 0 Å². The number of aliphatic carboxylic acids is 1. The van der Waals surface area contributed by atoms with Crippen molar-refractivity contribution < 1.29 is 43.7 Å². The smallest absolute Gasteiger partial charge is 1.00 e. The molecule has 0 amide bonds. The topological polar surface area (TPSA) is 37.3 Å². The Balaban J connectivity index is -0.0000000125. The van der Waals surface area contributed by atoms with E-state index in [1.807, 2.05) is 6.92 Å². The zero-order valence-electron chi connectivity index (χ0n) is 8.48. The predicted molar refractivity (Wildman–Crippen MR) is 31.6 cm³/mol. The third-order valence-corrected chi connectivity index (χ3v) is 0.464. The summed E-state index contributed by atoms with van der Waals surface area (Å²) in [6, 6.07) is 0. The van der Waals surface area contributed by atoms with Crippen molar-refractivity contribution in [3.8, 4) is 0 Å². The number of carbonyl (C=O) groups is 1. The van der Waals surface area contributed by atoms with Crippen LogP contribution >= 0.6 is 0 Å². The zero-order valence-corrected chi connectivity index (χ0v) is 9.69. The first kappa shape index (κ1) is 16.4. The SMILES string of the molecule is CCCC(=O)O.[Ca+2].[H-].[H-].[H-].[Na+]. The molecule has 0 heterocycles. The van der Waals surface area contributed by atoms with Crippen LogP contribution in [0.1, 0.15) is 24.0 Å². The third kappa shape index (κ3) is 15.6. The summed E-state index contributed by atoms with van der Waals surface area (Å²) in [5, 5.41) is 7.91. The molecular weight excluding hydrogens is 143 g/mol. The molecule has 0 saturated heterocycles. The number of rotatable bonds is 2. The van der Waals surface area contributed by atoms with Crippen LogP contribution in [0.25, 0.3) is 0 Å². The second-order valence-corrected chi connectivity index (χ2v) is 1.14. The van der Waals surface area contributed by atoms with Crippen molar-refractivity contribution in [1.82, 2.24) is 0 Å². The quantitative estimate of drug-likeness (QED) is 0.460. The summed E-state index contributed by atoms with van der Waals surface area (Å²) in [6.45, 7) is 1.84. The molecule has 0 aliphatic heterocycles. The summed E-state index contributed by atoms with van der Waals surface area (Å²) in [6.07, 6.45) is 1.02. The van der Waals surface area contributed by atoms with Gasteiger partial charge in [-0.25, -0.2) is 0 Å². The van der Waals surface area contributed by atoms with Gasteiger partial charge >= 0.3 is 73.3 Å². The van der Waals surface area contributed by atoms with Gasteiger partial charge in [-0.1, -0.05) is 6.92 Å². The molecule has 2 nitrogen and oxygen atoms in total. The van der Waals surface area contributed by atoms with E-state index >= 15 is 0 Å². The minimum absolute atomic E-state index is 0. The molecule has 0 unspecified atom stereocenters. The van der Waals surface area contributed by atoms with E-state index < -0.39 is 5.97 Å². The molecule has 0 aromatic heterocycles. The molecule has 4 heteroatoms. The van der Waals surface area contributed by atoms with E-state index in [0.29, 0.717) is 6.42 Å². The first-order valence-corrected chi connectivity index (χ1v) is 1.99. The Hall–Kier alpha value is 1.73. The van der Waals surface area contributed by atoms with E-state index in [4.69, 9.17) is 5.11 Å². The van der Waals surface area contributed by atoms with Crippen LogP contribution in [-0.4, -0.2) is 48.8 Å². The molecular formula is C4H11CaNaO2. The minimum atomic E-state index is -0.711. The van der Waals surface area contributed by atoms with Gasteiger partial charge in [0.1, 0.15) is 0 Å². The van der Waals surface area contributed by atoms with Gasteiger partial charge < -0.3 is 9.39 Å². The molecule has 0 aliphatic carbocycles. The van der Waals surface area contributed by atoms with Gasteiger partial charge in [0.2, 0.25) is 0 Å². The van der Waals surface area contributed by atoms with Crippen LogP contribution in [0.15, 0.2) is 0 Å². The molecule has 0 aromatic carbocycles. The van der Waals surface area contributed by atoms with Crippen LogP contribution < -0.4 is 29.6 Å². The van der Waals surface area contributed by atoms with Gasteiger partial charge in [0.05, 0.1) is 0 Å². The van der Waals surface area contributed by atoms with Crippen molar-refractivity contribution in [3.63, 3.8) is 0 Å². The van der Waals surface area contributed by atoms with Crippen LogP contribution in [-0.2, 0) is 4.79 Å². The van der Waals surface area contributed by atoms with Crippen LogP contribution in [0.5, 0.6) is 0 Å². The Kier molecular flexibility index (Phi) is 23.6. The van der Waals surface area contributed by atoms with Gasteiger partial charge in [-0.2, -0.15) is 0 Å². The Morgan fingerprint density at radius 3 is 2.12 bits per heavy atom. The number of carboxylic acid groups (broad SMARTS) is 1. The predicted octanol–water partition coefficient (Wildman–Crippen LogP) is -2.17. The van der Waals surface area contributed by atoms with E-state index in [1.54, 1.807) is 0 Å². The van der Waals surface area contributed by atoms with Crippen molar-refractivity contribution in [3.05, 3.63) is 0 Å². The summed E-state index contributed by atoms with van der Waals surface area (Å²) >= 11 is 0. The van der Waals surface area contributed by atoms with Gasteiger partial charge in [-0.3, -0.25) is 4.79 Å². The van der Waals surface area contributed by atoms with Gasteiger partial charge in [-0.05, 0) is 6.42 Å². The molecule has 0 fully saturated rings. The Labute approximate surface area is 106 Å². The van der Waals surface area contributed by atoms with E-state index in [9.17, 15) is 4.79 Å².